The Bertz CT molecular complexity index is 529. The molecule has 0 spiro atoms. The summed E-state index contributed by atoms with van der Waals surface area (Å²) in [5.74, 6) is -0.460. The number of nitrogens with zero attached hydrogens (tertiary/aromatic N) is 1. The van der Waals surface area contributed by atoms with E-state index in [1.165, 1.54) is 5.56 Å². The average Bonchev–Trinajstić information content (AvgIpc) is 3.00. The lowest BCUT2D eigenvalue weighted by Crippen LogP contribution is -2.33. The van der Waals surface area contributed by atoms with Crippen molar-refractivity contribution in [2.45, 2.75) is 25.2 Å². The maximum atomic E-state index is 5.66. The molecule has 4 heteroatoms. The third kappa shape index (κ3) is 3.71. The summed E-state index contributed by atoms with van der Waals surface area (Å²) in [5.41, 5.74) is 2.23. The Morgan fingerprint density at radius 3 is 2.50 bits per heavy atom. The molecular formula is C18H22N2O2. The lowest BCUT2D eigenvalue weighted by Gasteiger charge is -2.25. The zero-order valence-electron chi connectivity index (χ0n) is 12.9. The monoisotopic (exact) mass is 298 g/mol. The molecule has 1 aromatic heterocycles. The minimum atomic E-state index is -0.460. The van der Waals surface area contributed by atoms with Gasteiger partial charge in [0.2, 0.25) is 0 Å². The van der Waals surface area contributed by atoms with Gasteiger partial charge in [0.1, 0.15) is 0 Å². The van der Waals surface area contributed by atoms with E-state index in [-0.39, 0.29) is 6.04 Å². The zero-order chi connectivity index (χ0) is 15.3. The van der Waals surface area contributed by atoms with E-state index in [1.807, 2.05) is 31.3 Å². The standard InChI is InChI=1S/C18H22N2O2/c1-18(21-13-14-22-18)10-12-20-17(15-7-3-2-4-8-15)16-9-5-6-11-19-16/h2-9,11,17,20H,10,12-14H2,1H3. The quantitative estimate of drug-likeness (QED) is 0.890. The molecule has 4 nitrogen and oxygen atoms in total. The second-order valence-corrected chi connectivity index (χ2v) is 5.63. The highest BCUT2D eigenvalue weighted by atomic mass is 16.7. The topological polar surface area (TPSA) is 43.4 Å². The largest absolute Gasteiger partial charge is 0.348 e. The highest BCUT2D eigenvalue weighted by Gasteiger charge is 2.30. The van der Waals surface area contributed by atoms with E-state index in [1.54, 1.807) is 0 Å². The summed E-state index contributed by atoms with van der Waals surface area (Å²) in [5, 5.41) is 3.58. The first kappa shape index (κ1) is 15.2. The van der Waals surface area contributed by atoms with E-state index in [9.17, 15) is 0 Å². The van der Waals surface area contributed by atoms with E-state index < -0.39 is 5.79 Å². The van der Waals surface area contributed by atoms with E-state index in [4.69, 9.17) is 9.47 Å². The second kappa shape index (κ2) is 7.01. The summed E-state index contributed by atoms with van der Waals surface area (Å²) >= 11 is 0. The van der Waals surface area contributed by atoms with Crippen LogP contribution in [-0.4, -0.2) is 30.5 Å². The van der Waals surface area contributed by atoms with Crippen LogP contribution in [0.2, 0.25) is 0 Å². The maximum absolute atomic E-state index is 5.66. The fourth-order valence-corrected chi connectivity index (χ4v) is 2.73. The molecule has 0 saturated carbocycles. The molecular weight excluding hydrogens is 276 g/mol. The Labute approximate surface area is 131 Å². The number of aromatic nitrogens is 1. The predicted molar refractivity (Wildman–Crippen MR) is 85.5 cm³/mol. The van der Waals surface area contributed by atoms with E-state index in [0.29, 0.717) is 13.2 Å². The number of ether oxygens (including phenoxy) is 2. The van der Waals surface area contributed by atoms with Gasteiger partial charge in [0.15, 0.2) is 5.79 Å². The molecule has 1 aliphatic heterocycles. The zero-order valence-corrected chi connectivity index (χ0v) is 12.9. The van der Waals surface area contributed by atoms with Gasteiger partial charge in [0.25, 0.3) is 0 Å². The molecule has 1 atom stereocenters. The lowest BCUT2D eigenvalue weighted by atomic mass is 10.0. The minimum Gasteiger partial charge on any atom is -0.348 e. The van der Waals surface area contributed by atoms with Crippen LogP contribution in [0, 0.1) is 0 Å². The maximum Gasteiger partial charge on any atom is 0.166 e. The molecule has 22 heavy (non-hydrogen) atoms. The molecule has 0 radical (unpaired) electrons. The first-order valence-corrected chi connectivity index (χ1v) is 7.74. The van der Waals surface area contributed by atoms with Crippen molar-refractivity contribution in [2.75, 3.05) is 19.8 Å². The van der Waals surface area contributed by atoms with Crippen molar-refractivity contribution in [3.8, 4) is 0 Å². The Morgan fingerprint density at radius 1 is 1.09 bits per heavy atom. The molecule has 3 rings (SSSR count). The van der Waals surface area contributed by atoms with Crippen LogP contribution in [0.5, 0.6) is 0 Å². The molecule has 1 aromatic carbocycles. The van der Waals surface area contributed by atoms with Gasteiger partial charge < -0.3 is 14.8 Å². The van der Waals surface area contributed by atoms with Crippen molar-refractivity contribution >= 4 is 0 Å². The summed E-state index contributed by atoms with van der Waals surface area (Å²) in [6, 6.07) is 16.5. The van der Waals surface area contributed by atoms with Gasteiger partial charge in [0, 0.05) is 19.2 Å². The fraction of sp³-hybridized carbons (Fsp3) is 0.389. The van der Waals surface area contributed by atoms with Gasteiger partial charge in [-0.25, -0.2) is 0 Å². The Kier molecular flexibility index (Phi) is 4.83. The normalized spacial score (nSPS) is 18.2. The van der Waals surface area contributed by atoms with E-state index in [0.717, 1.165) is 18.7 Å². The van der Waals surface area contributed by atoms with Gasteiger partial charge in [0.05, 0.1) is 24.9 Å². The molecule has 1 aliphatic rings. The van der Waals surface area contributed by atoms with Gasteiger partial charge in [-0.2, -0.15) is 0 Å². The molecule has 1 fully saturated rings. The van der Waals surface area contributed by atoms with Crippen molar-refractivity contribution in [3.05, 3.63) is 66.0 Å². The number of nitrogens with one attached hydrogen (secondary N) is 1. The van der Waals surface area contributed by atoms with Crippen molar-refractivity contribution in [2.24, 2.45) is 0 Å². The summed E-state index contributed by atoms with van der Waals surface area (Å²) < 4.78 is 11.3. The molecule has 1 unspecified atom stereocenters. The number of pyridine rings is 1. The molecule has 116 valence electrons. The van der Waals surface area contributed by atoms with Gasteiger partial charge in [-0.1, -0.05) is 36.4 Å². The third-order valence-corrected chi connectivity index (χ3v) is 3.94. The number of rotatable bonds is 6. The van der Waals surface area contributed by atoms with Crippen molar-refractivity contribution in [1.29, 1.82) is 0 Å². The highest BCUT2D eigenvalue weighted by molar-refractivity contribution is 5.27. The van der Waals surface area contributed by atoms with Crippen LogP contribution in [0.4, 0.5) is 0 Å². The van der Waals surface area contributed by atoms with Crippen LogP contribution >= 0.6 is 0 Å². The van der Waals surface area contributed by atoms with Crippen LogP contribution in [-0.2, 0) is 9.47 Å². The van der Waals surface area contributed by atoms with Crippen LogP contribution in [0.3, 0.4) is 0 Å². The van der Waals surface area contributed by atoms with Gasteiger partial charge in [-0.05, 0) is 24.6 Å². The Balaban J connectivity index is 1.69. The van der Waals surface area contributed by atoms with E-state index in [2.05, 4.69) is 40.6 Å². The number of hydrogen-bond donors (Lipinski definition) is 1. The molecule has 2 aromatic rings. The summed E-state index contributed by atoms with van der Waals surface area (Å²) in [6.07, 6.45) is 2.64. The van der Waals surface area contributed by atoms with Gasteiger partial charge >= 0.3 is 0 Å². The first-order valence-electron chi connectivity index (χ1n) is 7.74. The lowest BCUT2D eigenvalue weighted by molar-refractivity contribution is -0.145. The van der Waals surface area contributed by atoms with E-state index >= 15 is 0 Å². The van der Waals surface area contributed by atoms with Crippen LogP contribution < -0.4 is 5.32 Å². The summed E-state index contributed by atoms with van der Waals surface area (Å²) in [7, 11) is 0. The molecule has 0 bridgehead atoms. The van der Waals surface area contributed by atoms with Crippen molar-refractivity contribution in [3.63, 3.8) is 0 Å². The first-order chi connectivity index (χ1) is 10.8. The van der Waals surface area contributed by atoms with Crippen molar-refractivity contribution < 1.29 is 9.47 Å². The van der Waals surface area contributed by atoms with Gasteiger partial charge in [-0.3, -0.25) is 4.98 Å². The second-order valence-electron chi connectivity index (χ2n) is 5.63. The van der Waals surface area contributed by atoms with Crippen LogP contribution in [0.25, 0.3) is 0 Å². The van der Waals surface area contributed by atoms with Crippen LogP contribution in [0.15, 0.2) is 54.7 Å². The predicted octanol–water partition coefficient (Wildman–Crippen LogP) is 2.91. The SMILES string of the molecule is CC1(CCNC(c2ccccc2)c2ccccn2)OCCO1. The summed E-state index contributed by atoms with van der Waals surface area (Å²) in [6.45, 7) is 4.16. The molecule has 1 saturated heterocycles. The van der Waals surface area contributed by atoms with Crippen molar-refractivity contribution in [1.82, 2.24) is 10.3 Å². The molecule has 0 amide bonds. The Morgan fingerprint density at radius 2 is 1.82 bits per heavy atom. The molecule has 0 aliphatic carbocycles. The summed E-state index contributed by atoms with van der Waals surface area (Å²) in [4.78, 5) is 4.50. The van der Waals surface area contributed by atoms with Crippen LogP contribution in [0.1, 0.15) is 30.6 Å². The minimum absolute atomic E-state index is 0.0763. The number of hydrogen-bond acceptors (Lipinski definition) is 4. The average molecular weight is 298 g/mol. The Hall–Kier alpha value is -1.75. The fourth-order valence-electron chi connectivity index (χ4n) is 2.73. The number of benzene rings is 1. The third-order valence-electron chi connectivity index (χ3n) is 3.94. The smallest absolute Gasteiger partial charge is 0.166 e. The van der Waals surface area contributed by atoms with Gasteiger partial charge in [-0.15, -0.1) is 0 Å². The molecule has 2 heterocycles. The molecule has 1 N–H and O–H groups in total. The highest BCUT2D eigenvalue weighted by Crippen LogP contribution is 2.24.